The first-order valence-corrected chi connectivity index (χ1v) is 7.34. The van der Waals surface area contributed by atoms with Gasteiger partial charge in [0.05, 0.1) is 0 Å². The second-order valence-electron chi connectivity index (χ2n) is 4.75. The van der Waals surface area contributed by atoms with Crippen LogP contribution in [0.1, 0.15) is 13.3 Å². The van der Waals surface area contributed by atoms with Crippen LogP contribution in [-0.2, 0) is 4.74 Å². The van der Waals surface area contributed by atoms with Gasteiger partial charge in [-0.3, -0.25) is 0 Å². The highest BCUT2D eigenvalue weighted by atomic mass is 32.2. The Morgan fingerprint density at radius 1 is 1.50 bits per heavy atom. The zero-order valence-corrected chi connectivity index (χ0v) is 11.8. The number of methoxy groups -OCH3 is 1. The minimum absolute atomic E-state index is 0.0565. The van der Waals surface area contributed by atoms with Crippen molar-refractivity contribution >= 4 is 11.8 Å². The molecule has 0 spiro atoms. The highest BCUT2D eigenvalue weighted by Crippen LogP contribution is 2.36. The number of nitrogens with two attached hydrogens (primary N) is 1. The molecule has 3 unspecified atom stereocenters. The molecule has 1 aliphatic heterocycles. The summed E-state index contributed by atoms with van der Waals surface area (Å²) in [5.74, 6) is 2.30. The monoisotopic (exact) mass is 267 g/mol. The van der Waals surface area contributed by atoms with Gasteiger partial charge in [-0.15, -0.1) is 11.8 Å². The van der Waals surface area contributed by atoms with Crippen LogP contribution in [0.2, 0.25) is 0 Å². The maximum absolute atomic E-state index is 6.30. The summed E-state index contributed by atoms with van der Waals surface area (Å²) in [6.45, 7) is 2.92. The normalized spacial score (nSPS) is 21.8. The Morgan fingerprint density at radius 3 is 3.06 bits per heavy atom. The summed E-state index contributed by atoms with van der Waals surface area (Å²) in [6.07, 6.45) is 1.07. The minimum Gasteiger partial charge on any atom is -0.487 e. The Balaban J connectivity index is 1.95. The quantitative estimate of drug-likeness (QED) is 0.890. The molecule has 2 N–H and O–H groups in total. The van der Waals surface area contributed by atoms with Gasteiger partial charge in [-0.2, -0.15) is 0 Å². The summed E-state index contributed by atoms with van der Waals surface area (Å²) in [5, 5.41) is 0. The number of hydrogen-bond donors (Lipinski definition) is 1. The maximum Gasteiger partial charge on any atom is 0.133 e. The predicted octanol–water partition coefficient (Wildman–Crippen LogP) is 2.54. The van der Waals surface area contributed by atoms with Crippen molar-refractivity contribution in [2.24, 2.45) is 11.7 Å². The molecule has 0 aliphatic carbocycles. The van der Waals surface area contributed by atoms with Gasteiger partial charge >= 0.3 is 0 Å². The van der Waals surface area contributed by atoms with Gasteiger partial charge in [0.2, 0.25) is 0 Å². The van der Waals surface area contributed by atoms with Crippen molar-refractivity contribution in [3.63, 3.8) is 0 Å². The van der Waals surface area contributed by atoms with Gasteiger partial charge in [0.15, 0.2) is 0 Å². The fourth-order valence-corrected chi connectivity index (χ4v) is 3.16. The largest absolute Gasteiger partial charge is 0.487 e. The van der Waals surface area contributed by atoms with Crippen LogP contribution in [0.5, 0.6) is 5.75 Å². The number of thioether (sulfide) groups is 1. The number of hydrogen-bond acceptors (Lipinski definition) is 4. The second kappa shape index (κ2) is 6.45. The highest BCUT2D eigenvalue weighted by molar-refractivity contribution is 7.99. The first-order chi connectivity index (χ1) is 8.72. The number of para-hydroxylation sites is 1. The van der Waals surface area contributed by atoms with Crippen molar-refractivity contribution in [1.29, 1.82) is 0 Å². The van der Waals surface area contributed by atoms with Crippen molar-refractivity contribution in [2.75, 3.05) is 19.5 Å². The topological polar surface area (TPSA) is 44.5 Å². The van der Waals surface area contributed by atoms with E-state index in [-0.39, 0.29) is 12.1 Å². The van der Waals surface area contributed by atoms with E-state index < -0.39 is 0 Å². The molecule has 0 amide bonds. The van der Waals surface area contributed by atoms with Crippen LogP contribution in [0.3, 0.4) is 0 Å². The Labute approximate surface area is 113 Å². The SMILES string of the molecule is COCCC(C)C(N)C1CSc2ccccc2O1. The van der Waals surface area contributed by atoms with Crippen molar-refractivity contribution in [3.05, 3.63) is 24.3 Å². The first kappa shape index (κ1) is 13.7. The average molecular weight is 267 g/mol. The van der Waals surface area contributed by atoms with Crippen molar-refractivity contribution in [2.45, 2.75) is 30.4 Å². The molecular weight excluding hydrogens is 246 g/mol. The van der Waals surface area contributed by atoms with Crippen LogP contribution < -0.4 is 10.5 Å². The third kappa shape index (κ3) is 3.19. The van der Waals surface area contributed by atoms with E-state index in [1.54, 1.807) is 7.11 Å². The third-order valence-electron chi connectivity index (χ3n) is 3.39. The summed E-state index contributed by atoms with van der Waals surface area (Å²) in [6, 6.07) is 8.20. The van der Waals surface area contributed by atoms with Gasteiger partial charge in [0.1, 0.15) is 11.9 Å². The second-order valence-corrected chi connectivity index (χ2v) is 5.81. The van der Waals surface area contributed by atoms with Crippen molar-refractivity contribution < 1.29 is 9.47 Å². The molecule has 3 atom stereocenters. The molecule has 4 heteroatoms. The summed E-state index contributed by atoms with van der Waals surface area (Å²) < 4.78 is 11.1. The number of fused-ring (bicyclic) bond motifs is 1. The smallest absolute Gasteiger partial charge is 0.133 e. The lowest BCUT2D eigenvalue weighted by atomic mass is 9.95. The molecule has 1 heterocycles. The lowest BCUT2D eigenvalue weighted by molar-refractivity contribution is 0.130. The molecule has 0 bridgehead atoms. The average Bonchev–Trinajstić information content (AvgIpc) is 2.43. The summed E-state index contributed by atoms with van der Waals surface area (Å²) in [7, 11) is 1.72. The minimum atomic E-state index is 0.0565. The van der Waals surface area contributed by atoms with Crippen LogP contribution in [0.25, 0.3) is 0 Å². The van der Waals surface area contributed by atoms with Crippen LogP contribution >= 0.6 is 11.8 Å². The van der Waals surface area contributed by atoms with Crippen LogP contribution in [0, 0.1) is 5.92 Å². The van der Waals surface area contributed by atoms with Crippen molar-refractivity contribution in [3.8, 4) is 5.75 Å². The highest BCUT2D eigenvalue weighted by Gasteiger charge is 2.28. The van der Waals surface area contributed by atoms with Gasteiger partial charge in [-0.1, -0.05) is 19.1 Å². The molecule has 3 nitrogen and oxygen atoms in total. The molecule has 0 saturated heterocycles. The molecule has 0 saturated carbocycles. The zero-order chi connectivity index (χ0) is 13.0. The van der Waals surface area contributed by atoms with E-state index in [0.717, 1.165) is 24.5 Å². The molecule has 0 aromatic heterocycles. The van der Waals surface area contributed by atoms with Crippen LogP contribution in [0.15, 0.2) is 29.2 Å². The number of rotatable bonds is 5. The van der Waals surface area contributed by atoms with E-state index in [1.807, 2.05) is 30.0 Å². The maximum atomic E-state index is 6.30. The molecule has 1 aromatic rings. The molecular formula is C14H21NO2S. The first-order valence-electron chi connectivity index (χ1n) is 6.35. The summed E-state index contributed by atoms with van der Waals surface area (Å²) in [5.41, 5.74) is 6.30. The molecule has 18 heavy (non-hydrogen) atoms. The van der Waals surface area contributed by atoms with Gasteiger partial charge in [-0.05, 0) is 24.5 Å². The van der Waals surface area contributed by atoms with Crippen LogP contribution in [0.4, 0.5) is 0 Å². The summed E-state index contributed by atoms with van der Waals surface area (Å²) >= 11 is 1.83. The Hall–Kier alpha value is -0.710. The Bertz CT molecular complexity index is 386. The van der Waals surface area contributed by atoms with Crippen LogP contribution in [-0.4, -0.2) is 31.6 Å². The Kier molecular flexibility index (Phi) is 4.92. The predicted molar refractivity (Wildman–Crippen MR) is 75.2 cm³/mol. The van der Waals surface area contributed by atoms with E-state index in [2.05, 4.69) is 13.0 Å². The standard InChI is InChI=1S/C14H21NO2S/c1-10(7-8-16-2)14(15)12-9-18-13-6-4-3-5-11(13)17-12/h3-6,10,12,14H,7-9,15H2,1-2H3. The molecule has 1 aliphatic rings. The zero-order valence-electron chi connectivity index (χ0n) is 11.0. The molecule has 0 fully saturated rings. The lowest BCUT2D eigenvalue weighted by Crippen LogP contribution is -2.46. The lowest BCUT2D eigenvalue weighted by Gasteiger charge is -2.32. The molecule has 1 aromatic carbocycles. The molecule has 2 rings (SSSR count). The molecule has 100 valence electrons. The summed E-state index contributed by atoms with van der Waals surface area (Å²) in [4.78, 5) is 1.21. The van der Waals surface area contributed by atoms with E-state index in [9.17, 15) is 0 Å². The van der Waals surface area contributed by atoms with E-state index >= 15 is 0 Å². The van der Waals surface area contributed by atoms with Gasteiger partial charge in [0, 0.05) is 30.4 Å². The van der Waals surface area contributed by atoms with E-state index in [0.29, 0.717) is 5.92 Å². The molecule has 0 radical (unpaired) electrons. The van der Waals surface area contributed by atoms with Crippen molar-refractivity contribution in [1.82, 2.24) is 0 Å². The van der Waals surface area contributed by atoms with Gasteiger partial charge in [0.25, 0.3) is 0 Å². The third-order valence-corrected chi connectivity index (χ3v) is 4.54. The fraction of sp³-hybridized carbons (Fsp3) is 0.571. The number of benzene rings is 1. The fourth-order valence-electron chi connectivity index (χ4n) is 2.09. The van der Waals surface area contributed by atoms with E-state index in [1.165, 1.54) is 4.90 Å². The van der Waals surface area contributed by atoms with Gasteiger partial charge < -0.3 is 15.2 Å². The van der Waals surface area contributed by atoms with Gasteiger partial charge in [-0.25, -0.2) is 0 Å². The Morgan fingerprint density at radius 2 is 2.28 bits per heavy atom. The number of ether oxygens (including phenoxy) is 2. The van der Waals surface area contributed by atoms with E-state index in [4.69, 9.17) is 15.2 Å².